The summed E-state index contributed by atoms with van der Waals surface area (Å²) >= 11 is 11.8. The number of primary amides is 1. The van der Waals surface area contributed by atoms with Gasteiger partial charge in [0.25, 0.3) is 0 Å². The number of nitrogens with one attached hydrogen (secondary N) is 1. The number of halogens is 3. The van der Waals surface area contributed by atoms with Crippen LogP contribution in [0.5, 0.6) is 0 Å². The average molecular weight is 571 g/mol. The lowest BCUT2D eigenvalue weighted by Gasteiger charge is -2.57. The molecule has 3 N–H and O–H groups in total. The number of amides is 3. The molecule has 2 aliphatic rings. The molecule has 2 fully saturated rings. The van der Waals surface area contributed by atoms with E-state index in [4.69, 9.17) is 28.9 Å². The molecule has 9 nitrogen and oxygen atoms in total. The van der Waals surface area contributed by atoms with Crippen LogP contribution >= 0.6 is 23.2 Å². The predicted octanol–water partition coefficient (Wildman–Crippen LogP) is 2.10. The van der Waals surface area contributed by atoms with Crippen molar-refractivity contribution >= 4 is 50.8 Å². The van der Waals surface area contributed by atoms with Crippen molar-refractivity contribution in [1.29, 1.82) is 0 Å². The van der Waals surface area contributed by atoms with Crippen LogP contribution in [0, 0.1) is 5.82 Å². The maximum Gasteiger partial charge on any atom is 0.246 e. The van der Waals surface area contributed by atoms with Gasteiger partial charge >= 0.3 is 0 Å². The van der Waals surface area contributed by atoms with Gasteiger partial charge in [-0.1, -0.05) is 35.3 Å². The van der Waals surface area contributed by atoms with Gasteiger partial charge in [-0.25, -0.2) is 12.8 Å². The Bertz CT molecular complexity index is 1370. The molecule has 37 heavy (non-hydrogen) atoms. The molecule has 198 valence electrons. The molecule has 0 spiro atoms. The third kappa shape index (κ3) is 4.69. The molecule has 0 saturated carbocycles. The Hall–Kier alpha value is -2.73. The summed E-state index contributed by atoms with van der Waals surface area (Å²) in [4.78, 5) is 38.5. The molecule has 2 aromatic rings. The summed E-state index contributed by atoms with van der Waals surface area (Å²) in [7, 11) is -4.81. The Morgan fingerprint density at radius 2 is 1.78 bits per heavy atom. The first-order chi connectivity index (χ1) is 17.3. The summed E-state index contributed by atoms with van der Waals surface area (Å²) < 4.78 is 43.6. The first-order valence-electron chi connectivity index (χ1n) is 11.4. The van der Waals surface area contributed by atoms with Crippen LogP contribution in [0.15, 0.2) is 47.4 Å². The van der Waals surface area contributed by atoms with E-state index >= 15 is 4.39 Å². The summed E-state index contributed by atoms with van der Waals surface area (Å²) in [5, 5.41) is 3.16. The van der Waals surface area contributed by atoms with Crippen molar-refractivity contribution in [3.05, 3.63) is 63.9 Å². The number of rotatable bonds is 6. The van der Waals surface area contributed by atoms with Crippen molar-refractivity contribution in [2.24, 2.45) is 5.73 Å². The molecule has 2 aromatic carbocycles. The quantitative estimate of drug-likeness (QED) is 0.547. The van der Waals surface area contributed by atoms with Crippen LogP contribution in [-0.2, 0) is 30.6 Å². The second-order valence-corrected chi connectivity index (χ2v) is 12.3. The first kappa shape index (κ1) is 27.3. The van der Waals surface area contributed by atoms with Gasteiger partial charge in [-0.05, 0) is 49.7 Å². The van der Waals surface area contributed by atoms with Crippen LogP contribution in [0.25, 0.3) is 0 Å². The molecule has 3 atom stereocenters. The number of fused-ring (bicyclic) bond motifs is 1. The van der Waals surface area contributed by atoms with E-state index < -0.39 is 74.4 Å². The van der Waals surface area contributed by atoms with E-state index in [-0.39, 0.29) is 11.4 Å². The summed E-state index contributed by atoms with van der Waals surface area (Å²) in [5.41, 5.74) is 6.10. The smallest absolute Gasteiger partial charge is 0.246 e. The van der Waals surface area contributed by atoms with Crippen LogP contribution < -0.4 is 11.1 Å². The minimum atomic E-state index is -4.81. The number of hydrogen-bond acceptors (Lipinski definition) is 6. The molecule has 13 heteroatoms. The van der Waals surface area contributed by atoms with Crippen molar-refractivity contribution in [3.63, 3.8) is 0 Å². The topological polar surface area (TPSA) is 130 Å². The summed E-state index contributed by atoms with van der Waals surface area (Å²) in [5.74, 6) is -3.36. The summed E-state index contributed by atoms with van der Waals surface area (Å²) in [6.45, 7) is 2.82. The number of nitrogens with two attached hydrogens (primary N) is 1. The molecule has 0 bridgehead atoms. The fourth-order valence-corrected chi connectivity index (χ4v) is 7.13. The molecule has 3 unspecified atom stereocenters. The Balaban J connectivity index is 1.96. The van der Waals surface area contributed by atoms with Crippen molar-refractivity contribution < 1.29 is 27.2 Å². The van der Waals surface area contributed by atoms with E-state index in [1.807, 2.05) is 0 Å². The van der Waals surface area contributed by atoms with E-state index in [2.05, 4.69) is 5.32 Å². The largest absolute Gasteiger partial charge is 0.368 e. The highest BCUT2D eigenvalue weighted by Gasteiger charge is 2.64. The molecule has 0 aromatic heterocycles. The molecule has 2 saturated heterocycles. The highest BCUT2D eigenvalue weighted by Crippen LogP contribution is 2.40. The third-order valence-electron chi connectivity index (χ3n) is 6.64. The number of carbonyl (C=O) groups excluding carboxylic acids is 3. The monoisotopic (exact) mass is 570 g/mol. The zero-order valence-electron chi connectivity index (χ0n) is 19.9. The normalized spacial score (nSPS) is 24.4. The lowest BCUT2D eigenvalue weighted by Crippen LogP contribution is -2.83. The van der Waals surface area contributed by atoms with Gasteiger partial charge in [0.15, 0.2) is 0 Å². The lowest BCUT2D eigenvalue weighted by molar-refractivity contribution is -0.167. The molecule has 0 aliphatic carbocycles. The second kappa shape index (κ2) is 9.86. The van der Waals surface area contributed by atoms with Crippen molar-refractivity contribution in [2.75, 3.05) is 6.54 Å². The van der Waals surface area contributed by atoms with E-state index in [9.17, 15) is 22.8 Å². The molecule has 2 aliphatic heterocycles. The van der Waals surface area contributed by atoms with E-state index in [1.165, 1.54) is 11.0 Å². The minimum absolute atomic E-state index is 0.0308. The van der Waals surface area contributed by atoms with E-state index in [0.29, 0.717) is 10.6 Å². The second-order valence-electron chi connectivity index (χ2n) is 9.34. The number of piperazine rings is 1. The number of hydrogen-bond donors (Lipinski definition) is 2. The van der Waals surface area contributed by atoms with Gasteiger partial charge in [0.2, 0.25) is 32.6 Å². The fraction of sp³-hybridized carbons (Fsp3) is 0.375. The van der Waals surface area contributed by atoms with Gasteiger partial charge < -0.3 is 10.6 Å². The number of benzene rings is 2. The van der Waals surface area contributed by atoms with Crippen LogP contribution in [-0.4, -0.2) is 65.6 Å². The molecule has 4 rings (SSSR count). The third-order valence-corrected chi connectivity index (χ3v) is 9.37. The first-order valence-corrected chi connectivity index (χ1v) is 13.7. The van der Waals surface area contributed by atoms with Crippen LogP contribution in [0.4, 0.5) is 4.39 Å². The van der Waals surface area contributed by atoms with Crippen molar-refractivity contribution in [2.45, 2.75) is 54.7 Å². The molecule has 3 amide bonds. The van der Waals surface area contributed by atoms with E-state index in [1.54, 1.807) is 38.1 Å². The van der Waals surface area contributed by atoms with Crippen molar-refractivity contribution in [1.82, 2.24) is 15.1 Å². The lowest BCUT2D eigenvalue weighted by atomic mass is 9.95. The van der Waals surface area contributed by atoms with Gasteiger partial charge in [0.1, 0.15) is 16.8 Å². The number of carbonyl (C=O) groups is 3. The standard InChI is InChI=1S/C24H25Cl2FN4O5S/c1-13(2)30-12-24(37(35,36)20-8-7-16(26)10-17(20)27)29-18(22(28)33)11-21(32)31(24)19(23(30)34)9-14-3-5-15(25)6-4-14/h3-8,10,13,18-19,29H,9,11-12H2,1-2H3,(H2,28,33). The van der Waals surface area contributed by atoms with Gasteiger partial charge in [-0.2, -0.15) is 0 Å². The summed E-state index contributed by atoms with van der Waals surface area (Å²) in [6, 6.07) is 6.43. The summed E-state index contributed by atoms with van der Waals surface area (Å²) in [6.07, 6.45) is -0.518. The van der Waals surface area contributed by atoms with Gasteiger partial charge in [0.05, 0.1) is 19.0 Å². The zero-order valence-corrected chi connectivity index (χ0v) is 22.3. The van der Waals surface area contributed by atoms with Crippen molar-refractivity contribution in [3.8, 4) is 0 Å². The minimum Gasteiger partial charge on any atom is -0.368 e. The van der Waals surface area contributed by atoms with Gasteiger partial charge in [0, 0.05) is 22.5 Å². The maximum absolute atomic E-state index is 15.0. The van der Waals surface area contributed by atoms with Crippen LogP contribution in [0.2, 0.25) is 10.0 Å². The fourth-order valence-electron chi connectivity index (χ4n) is 4.82. The average Bonchev–Trinajstić information content (AvgIpc) is 2.81. The number of sulfone groups is 1. The Morgan fingerprint density at radius 1 is 1.16 bits per heavy atom. The Labute approximate surface area is 223 Å². The molecular formula is C24H25Cl2FN4O5S. The van der Waals surface area contributed by atoms with Crippen LogP contribution in [0.3, 0.4) is 0 Å². The predicted molar refractivity (Wildman–Crippen MR) is 135 cm³/mol. The highest BCUT2D eigenvalue weighted by atomic mass is 35.5. The molecule has 2 heterocycles. The number of nitrogens with zero attached hydrogens (tertiary/aromatic N) is 2. The highest BCUT2D eigenvalue weighted by molar-refractivity contribution is 7.92. The molecular weight excluding hydrogens is 546 g/mol. The van der Waals surface area contributed by atoms with Crippen LogP contribution in [0.1, 0.15) is 25.8 Å². The SMILES string of the molecule is CC(C)N1CC2(S(=O)(=O)c3ccc(Cl)cc3F)NC(C(N)=O)CC(=O)N2C(Cc2ccc(Cl)cc2)C1=O. The van der Waals surface area contributed by atoms with Gasteiger partial charge in [-0.3, -0.25) is 24.6 Å². The maximum atomic E-state index is 15.0. The Morgan fingerprint density at radius 3 is 2.35 bits per heavy atom. The molecule has 0 radical (unpaired) electrons. The zero-order chi connectivity index (χ0) is 27.3. The van der Waals surface area contributed by atoms with E-state index in [0.717, 1.165) is 17.0 Å². The van der Waals surface area contributed by atoms with Gasteiger partial charge in [-0.15, -0.1) is 0 Å². The Kier molecular flexibility index (Phi) is 7.28.